The molecule has 1 aliphatic rings. The average Bonchev–Trinajstić information content (AvgIpc) is 4.04. The third kappa shape index (κ3) is 5.76. The number of hydrogen-bond donors (Lipinski definition) is 0. The summed E-state index contributed by atoms with van der Waals surface area (Å²) in [4.78, 5) is 0. The molecule has 0 amide bonds. The molecular weight excluding hydrogens is 725 g/mol. The minimum atomic E-state index is 0.741. The number of hydrogen-bond acceptors (Lipinski definition) is 4. The van der Waals surface area contributed by atoms with Crippen molar-refractivity contribution in [1.29, 1.82) is 0 Å². The van der Waals surface area contributed by atoms with Crippen LogP contribution in [0, 0.1) is 0 Å². The van der Waals surface area contributed by atoms with Gasteiger partial charge in [0, 0.05) is 43.3 Å². The number of furan rings is 4. The lowest BCUT2D eigenvalue weighted by molar-refractivity contribution is 0.590. The molecule has 0 aliphatic heterocycles. The summed E-state index contributed by atoms with van der Waals surface area (Å²) < 4.78 is 26.0. The Morgan fingerprint density at radius 1 is 0.492 bits per heavy atom. The van der Waals surface area contributed by atoms with Crippen LogP contribution in [0.4, 0.5) is 0 Å². The second-order valence-corrected chi connectivity index (χ2v) is 14.7. The topological polar surface area (TPSA) is 52.6 Å². The van der Waals surface area contributed by atoms with Crippen LogP contribution >= 0.6 is 0 Å². The lowest BCUT2D eigenvalue weighted by Gasteiger charge is -2.03. The molecule has 11 rings (SSSR count). The van der Waals surface area contributed by atoms with E-state index < -0.39 is 0 Å². The van der Waals surface area contributed by atoms with Gasteiger partial charge in [0.05, 0.1) is 0 Å². The van der Waals surface area contributed by atoms with Gasteiger partial charge in [-0.1, -0.05) is 128 Å². The summed E-state index contributed by atoms with van der Waals surface area (Å²) in [6.45, 7) is 5.86. The van der Waals surface area contributed by atoms with Gasteiger partial charge in [-0.15, -0.1) is 0 Å². The Morgan fingerprint density at radius 2 is 1.08 bits per heavy atom. The number of allylic oxidation sites excluding steroid dienone is 13. The Kier molecular flexibility index (Phi) is 8.16. The molecule has 4 heteroatoms. The van der Waals surface area contributed by atoms with Crippen LogP contribution in [0.1, 0.15) is 29.4 Å². The van der Waals surface area contributed by atoms with Crippen LogP contribution in [0.25, 0.3) is 111 Å². The third-order valence-electron chi connectivity index (χ3n) is 11.3. The van der Waals surface area contributed by atoms with Gasteiger partial charge >= 0.3 is 0 Å². The van der Waals surface area contributed by atoms with E-state index in [1.807, 2.05) is 43.4 Å². The first-order valence-corrected chi connectivity index (χ1v) is 19.8. The maximum absolute atomic E-state index is 6.56. The van der Waals surface area contributed by atoms with Crippen molar-refractivity contribution >= 4 is 100 Å². The van der Waals surface area contributed by atoms with Crippen molar-refractivity contribution in [1.82, 2.24) is 0 Å². The molecular formula is C55H36O4. The maximum Gasteiger partial charge on any atom is 0.178 e. The normalized spacial score (nSPS) is 16.8. The van der Waals surface area contributed by atoms with E-state index >= 15 is 0 Å². The molecule has 1 aliphatic carbocycles. The fraction of sp³-hybridized carbons (Fsp3) is 0.0182. The SMILES string of the molecule is C=C/C=C\C(=C/C)c1ccc2oc3c(ccc4c5cc(C6=C/C=C\C=C/c7oc8c(ccc9c%10cc(-c%11ccccc%11)ccc%10oc98)c7/C=C\C=C\6)ccc5oc43)c2c1. The third-order valence-corrected chi connectivity index (χ3v) is 11.3. The quantitative estimate of drug-likeness (QED) is 0.164. The molecule has 10 aromatic rings. The number of fused-ring (bicyclic) bond motifs is 14. The van der Waals surface area contributed by atoms with Crippen molar-refractivity contribution in [3.8, 4) is 11.1 Å². The minimum Gasteiger partial charge on any atom is -0.452 e. The van der Waals surface area contributed by atoms with Crippen LogP contribution in [0.2, 0.25) is 0 Å². The first-order valence-electron chi connectivity index (χ1n) is 19.8. The number of benzene rings is 6. The van der Waals surface area contributed by atoms with Gasteiger partial charge in [-0.3, -0.25) is 0 Å². The standard InChI is InChI=1S/C55H36O4/c1-3-5-14-34(4-2)37-21-28-49-45(31-37)43-26-27-44-47-33-39(23-30-51(47)59-55(44)54(43)58-49)36-17-10-7-11-20-48-40(19-13-12-18-36)41-24-25-42-46-32-38(35-15-8-6-9-16-35)22-29-50(46)57-53(42)52(41)56-48/h3-33H,1H2,2H3/b10-7-,11-7?,13-12?,14-5-,17-10?,18-12+,19-13-,20-11-,34-4+,36-17+,36-18?,40-19?,48-20?. The summed E-state index contributed by atoms with van der Waals surface area (Å²) in [7, 11) is 0. The zero-order chi connectivity index (χ0) is 39.5. The van der Waals surface area contributed by atoms with Gasteiger partial charge in [0.15, 0.2) is 22.3 Å². The molecule has 0 N–H and O–H groups in total. The van der Waals surface area contributed by atoms with Crippen LogP contribution in [-0.4, -0.2) is 0 Å². The molecule has 280 valence electrons. The lowest BCUT2D eigenvalue weighted by atomic mass is 10.00. The molecule has 0 unspecified atom stereocenters. The van der Waals surface area contributed by atoms with Crippen LogP contribution in [-0.2, 0) is 0 Å². The number of rotatable bonds is 5. The summed E-state index contributed by atoms with van der Waals surface area (Å²) in [6.07, 6.45) is 26.5. The summed E-state index contributed by atoms with van der Waals surface area (Å²) >= 11 is 0. The van der Waals surface area contributed by atoms with Gasteiger partial charge < -0.3 is 17.7 Å². The second-order valence-electron chi connectivity index (χ2n) is 14.7. The summed E-state index contributed by atoms with van der Waals surface area (Å²) in [5.41, 5.74) is 13.2. The van der Waals surface area contributed by atoms with Crippen molar-refractivity contribution in [3.05, 3.63) is 205 Å². The maximum atomic E-state index is 6.56. The highest BCUT2D eigenvalue weighted by atomic mass is 16.4. The van der Waals surface area contributed by atoms with Crippen molar-refractivity contribution < 1.29 is 17.7 Å². The summed E-state index contributed by atoms with van der Waals surface area (Å²) in [5.74, 6) is 0.775. The summed E-state index contributed by atoms with van der Waals surface area (Å²) in [6, 6.07) is 38.1. The Labute approximate surface area is 339 Å². The Hall–Kier alpha value is -7.82. The highest BCUT2D eigenvalue weighted by Gasteiger charge is 2.19. The molecule has 0 spiro atoms. The highest BCUT2D eigenvalue weighted by Crippen LogP contribution is 2.42. The monoisotopic (exact) mass is 760 g/mol. The van der Waals surface area contributed by atoms with E-state index in [-0.39, 0.29) is 0 Å². The average molecular weight is 761 g/mol. The second kappa shape index (κ2) is 14.0. The highest BCUT2D eigenvalue weighted by molar-refractivity contribution is 6.19. The molecule has 0 atom stereocenters. The Balaban J connectivity index is 0.938. The molecule has 4 heterocycles. The van der Waals surface area contributed by atoms with Gasteiger partial charge in [-0.05, 0) is 107 Å². The van der Waals surface area contributed by atoms with Crippen molar-refractivity contribution in [2.24, 2.45) is 0 Å². The minimum absolute atomic E-state index is 0.741. The molecule has 0 bridgehead atoms. The van der Waals surface area contributed by atoms with Crippen LogP contribution in [0.15, 0.2) is 200 Å². The van der Waals surface area contributed by atoms with Crippen molar-refractivity contribution in [2.75, 3.05) is 0 Å². The summed E-state index contributed by atoms with van der Waals surface area (Å²) in [5, 5.41) is 7.24. The molecule has 0 saturated heterocycles. The fourth-order valence-corrected chi connectivity index (χ4v) is 8.42. The Bertz CT molecular complexity index is 3560. The molecule has 6 aromatic carbocycles. The van der Waals surface area contributed by atoms with Crippen LogP contribution in [0.3, 0.4) is 0 Å². The van der Waals surface area contributed by atoms with E-state index in [2.05, 4.69) is 152 Å². The molecule has 4 aromatic heterocycles. The lowest BCUT2D eigenvalue weighted by Crippen LogP contribution is -1.81. The van der Waals surface area contributed by atoms with Crippen LogP contribution < -0.4 is 0 Å². The molecule has 59 heavy (non-hydrogen) atoms. The fourth-order valence-electron chi connectivity index (χ4n) is 8.42. The smallest absolute Gasteiger partial charge is 0.178 e. The zero-order valence-corrected chi connectivity index (χ0v) is 32.2. The van der Waals surface area contributed by atoms with E-state index in [0.29, 0.717) is 0 Å². The predicted molar refractivity (Wildman–Crippen MR) is 247 cm³/mol. The van der Waals surface area contributed by atoms with E-state index in [0.717, 1.165) is 116 Å². The van der Waals surface area contributed by atoms with Gasteiger partial charge in [-0.25, -0.2) is 0 Å². The predicted octanol–water partition coefficient (Wildman–Crippen LogP) is 16.2. The first-order chi connectivity index (χ1) is 29.1. The van der Waals surface area contributed by atoms with E-state index in [1.54, 1.807) is 6.08 Å². The van der Waals surface area contributed by atoms with Crippen molar-refractivity contribution in [3.63, 3.8) is 0 Å². The molecule has 0 radical (unpaired) electrons. The zero-order valence-electron chi connectivity index (χ0n) is 32.2. The Morgan fingerprint density at radius 3 is 1.78 bits per heavy atom. The van der Waals surface area contributed by atoms with Gasteiger partial charge in [-0.2, -0.15) is 0 Å². The van der Waals surface area contributed by atoms with Gasteiger partial charge in [0.2, 0.25) is 0 Å². The molecule has 0 saturated carbocycles. The van der Waals surface area contributed by atoms with E-state index in [9.17, 15) is 0 Å². The first kappa shape index (κ1) is 34.4. The molecule has 0 fully saturated rings. The van der Waals surface area contributed by atoms with Crippen LogP contribution in [0.5, 0.6) is 0 Å². The van der Waals surface area contributed by atoms with Crippen molar-refractivity contribution in [2.45, 2.75) is 6.92 Å². The van der Waals surface area contributed by atoms with E-state index in [4.69, 9.17) is 17.7 Å². The molecule has 4 nitrogen and oxygen atoms in total. The largest absolute Gasteiger partial charge is 0.452 e. The van der Waals surface area contributed by atoms with Gasteiger partial charge in [0.1, 0.15) is 22.5 Å². The van der Waals surface area contributed by atoms with E-state index in [1.165, 1.54) is 5.56 Å². The van der Waals surface area contributed by atoms with Gasteiger partial charge in [0.25, 0.3) is 0 Å².